The third-order valence-corrected chi connectivity index (χ3v) is 5.01. The molecule has 0 saturated heterocycles. The van der Waals surface area contributed by atoms with Crippen molar-refractivity contribution in [2.45, 2.75) is 0 Å². The zero-order chi connectivity index (χ0) is 22.8. The SMILES string of the molecule is COc1cccc(C2=NN(c3ccc([N+](=O)[O-])cc3)C(=O)C2C(=O)c2ccccc2F)c1. The average Bonchev–Trinajstić information content (AvgIpc) is 3.16. The number of halogens is 1. The minimum Gasteiger partial charge on any atom is -0.497 e. The number of hydrogen-bond donors (Lipinski definition) is 0. The Morgan fingerprint density at radius 2 is 1.81 bits per heavy atom. The second-order valence-electron chi connectivity index (χ2n) is 6.92. The number of amides is 1. The molecule has 1 amide bonds. The number of carbonyl (C=O) groups is 2. The second-order valence-corrected chi connectivity index (χ2v) is 6.92. The zero-order valence-corrected chi connectivity index (χ0v) is 16.8. The van der Waals surface area contributed by atoms with Gasteiger partial charge in [-0.3, -0.25) is 19.7 Å². The third-order valence-electron chi connectivity index (χ3n) is 5.01. The molecule has 3 aromatic carbocycles. The lowest BCUT2D eigenvalue weighted by atomic mass is 9.89. The highest BCUT2D eigenvalue weighted by Gasteiger charge is 2.43. The van der Waals surface area contributed by atoms with Gasteiger partial charge in [-0.25, -0.2) is 4.39 Å². The van der Waals surface area contributed by atoms with Crippen molar-refractivity contribution in [2.75, 3.05) is 12.1 Å². The van der Waals surface area contributed by atoms with Gasteiger partial charge in [0, 0.05) is 17.7 Å². The van der Waals surface area contributed by atoms with Crippen molar-refractivity contribution in [3.05, 3.63) is 99.9 Å². The minimum atomic E-state index is -1.39. The Bertz CT molecular complexity index is 1260. The van der Waals surface area contributed by atoms with Gasteiger partial charge in [0.1, 0.15) is 17.5 Å². The lowest BCUT2D eigenvalue weighted by molar-refractivity contribution is -0.384. The predicted octanol–water partition coefficient (Wildman–Crippen LogP) is 3.99. The summed E-state index contributed by atoms with van der Waals surface area (Å²) in [7, 11) is 1.48. The van der Waals surface area contributed by atoms with E-state index in [1.165, 1.54) is 49.6 Å². The highest BCUT2D eigenvalue weighted by molar-refractivity contribution is 6.34. The Labute approximate surface area is 181 Å². The van der Waals surface area contributed by atoms with Crippen molar-refractivity contribution in [1.29, 1.82) is 0 Å². The number of anilines is 1. The molecule has 1 unspecified atom stereocenters. The van der Waals surface area contributed by atoms with E-state index in [-0.39, 0.29) is 22.6 Å². The summed E-state index contributed by atoms with van der Waals surface area (Å²) >= 11 is 0. The van der Waals surface area contributed by atoms with Gasteiger partial charge in [0.25, 0.3) is 11.6 Å². The number of ketones is 1. The zero-order valence-electron chi connectivity index (χ0n) is 16.8. The van der Waals surface area contributed by atoms with Crippen LogP contribution in [0.1, 0.15) is 15.9 Å². The van der Waals surface area contributed by atoms with Crippen molar-refractivity contribution in [1.82, 2.24) is 0 Å². The van der Waals surface area contributed by atoms with E-state index in [9.17, 15) is 24.1 Å². The maximum atomic E-state index is 14.3. The molecule has 1 aliphatic rings. The molecule has 4 rings (SSSR count). The second kappa shape index (κ2) is 8.38. The number of hydrazone groups is 1. The summed E-state index contributed by atoms with van der Waals surface area (Å²) in [5.41, 5.74) is 0.436. The molecule has 0 bridgehead atoms. The predicted molar refractivity (Wildman–Crippen MR) is 114 cm³/mol. The van der Waals surface area contributed by atoms with Gasteiger partial charge in [0.05, 0.1) is 29.0 Å². The normalized spacial score (nSPS) is 15.4. The molecule has 9 heteroatoms. The lowest BCUT2D eigenvalue weighted by Crippen LogP contribution is -2.34. The Morgan fingerprint density at radius 3 is 2.47 bits per heavy atom. The van der Waals surface area contributed by atoms with Gasteiger partial charge >= 0.3 is 0 Å². The number of benzene rings is 3. The van der Waals surface area contributed by atoms with Gasteiger partial charge in [-0.1, -0.05) is 24.3 Å². The summed E-state index contributed by atoms with van der Waals surface area (Å²) in [5, 5.41) is 16.3. The van der Waals surface area contributed by atoms with Gasteiger partial charge in [0.2, 0.25) is 0 Å². The van der Waals surface area contributed by atoms with E-state index >= 15 is 0 Å². The number of nitro groups is 1. The number of carbonyl (C=O) groups excluding carboxylic acids is 2. The molecule has 0 spiro atoms. The molecule has 160 valence electrons. The lowest BCUT2D eigenvalue weighted by Gasteiger charge is -2.14. The first-order chi connectivity index (χ1) is 15.4. The number of nitro benzene ring substituents is 1. The van der Waals surface area contributed by atoms with Crippen LogP contribution in [0.3, 0.4) is 0 Å². The summed E-state index contributed by atoms with van der Waals surface area (Å²) in [5.74, 6) is -3.08. The molecule has 0 aliphatic carbocycles. The van der Waals surface area contributed by atoms with Gasteiger partial charge in [-0.15, -0.1) is 0 Å². The van der Waals surface area contributed by atoms with E-state index in [0.717, 1.165) is 11.1 Å². The topological polar surface area (TPSA) is 102 Å². The molecule has 1 aliphatic heterocycles. The van der Waals surface area contributed by atoms with E-state index in [1.54, 1.807) is 24.3 Å². The van der Waals surface area contributed by atoms with E-state index in [1.807, 2.05) is 0 Å². The van der Waals surface area contributed by atoms with Crippen LogP contribution in [-0.4, -0.2) is 29.4 Å². The molecule has 0 aromatic heterocycles. The molecule has 0 radical (unpaired) electrons. The first-order valence-electron chi connectivity index (χ1n) is 9.51. The maximum Gasteiger partial charge on any atom is 0.269 e. The fourth-order valence-corrected chi connectivity index (χ4v) is 3.41. The molecule has 8 nitrogen and oxygen atoms in total. The molecule has 0 saturated carbocycles. The Morgan fingerprint density at radius 1 is 1.09 bits per heavy atom. The van der Waals surface area contributed by atoms with Crippen molar-refractivity contribution >= 4 is 28.8 Å². The number of hydrogen-bond acceptors (Lipinski definition) is 6. The van der Waals surface area contributed by atoms with Crippen molar-refractivity contribution < 1.29 is 23.6 Å². The van der Waals surface area contributed by atoms with E-state index in [2.05, 4.69) is 5.10 Å². The number of non-ortho nitro benzene ring substituents is 1. The molecular formula is C23H16FN3O5. The van der Waals surface area contributed by atoms with Crippen LogP contribution in [0, 0.1) is 21.8 Å². The van der Waals surface area contributed by atoms with Crippen LogP contribution in [0.15, 0.2) is 77.9 Å². The summed E-state index contributed by atoms with van der Waals surface area (Å²) in [6, 6.07) is 17.2. The summed E-state index contributed by atoms with van der Waals surface area (Å²) in [4.78, 5) is 36.9. The van der Waals surface area contributed by atoms with Gasteiger partial charge in [-0.2, -0.15) is 10.1 Å². The fourth-order valence-electron chi connectivity index (χ4n) is 3.41. The molecule has 0 fully saturated rings. The van der Waals surface area contributed by atoms with Crippen molar-refractivity contribution in [3.8, 4) is 5.75 Å². The highest BCUT2D eigenvalue weighted by atomic mass is 19.1. The maximum absolute atomic E-state index is 14.3. The summed E-state index contributed by atoms with van der Waals surface area (Å²) in [6.07, 6.45) is 0. The fraction of sp³-hybridized carbons (Fsp3) is 0.0870. The number of nitrogens with zero attached hydrogens (tertiary/aromatic N) is 3. The molecule has 1 atom stereocenters. The van der Waals surface area contributed by atoms with Gasteiger partial charge < -0.3 is 4.74 Å². The molecular weight excluding hydrogens is 417 g/mol. The summed E-state index contributed by atoms with van der Waals surface area (Å²) in [6.45, 7) is 0. The van der Waals surface area contributed by atoms with E-state index < -0.39 is 28.3 Å². The largest absolute Gasteiger partial charge is 0.497 e. The molecule has 1 heterocycles. The van der Waals surface area contributed by atoms with E-state index in [0.29, 0.717) is 11.3 Å². The van der Waals surface area contributed by atoms with Crippen LogP contribution < -0.4 is 9.75 Å². The first kappa shape index (κ1) is 20.9. The quantitative estimate of drug-likeness (QED) is 0.253. The van der Waals surface area contributed by atoms with Crippen LogP contribution in [-0.2, 0) is 4.79 Å². The third kappa shape index (κ3) is 3.71. The van der Waals surface area contributed by atoms with E-state index in [4.69, 9.17) is 4.74 Å². The monoisotopic (exact) mass is 433 g/mol. The smallest absolute Gasteiger partial charge is 0.269 e. The minimum absolute atomic E-state index is 0.125. The average molecular weight is 433 g/mol. The first-order valence-corrected chi connectivity index (χ1v) is 9.51. The van der Waals surface area contributed by atoms with Crippen molar-refractivity contribution in [2.24, 2.45) is 11.0 Å². The number of Topliss-reactive ketones (excluding diaryl/α,β-unsaturated/α-hetero) is 1. The highest BCUT2D eigenvalue weighted by Crippen LogP contribution is 2.31. The van der Waals surface area contributed by atoms with Crippen LogP contribution >= 0.6 is 0 Å². The molecule has 3 aromatic rings. The Hall–Kier alpha value is -4.40. The number of methoxy groups -OCH3 is 1. The van der Waals surface area contributed by atoms with Gasteiger partial charge in [-0.05, 0) is 36.4 Å². The number of rotatable bonds is 6. The van der Waals surface area contributed by atoms with Crippen LogP contribution in [0.4, 0.5) is 15.8 Å². The van der Waals surface area contributed by atoms with Gasteiger partial charge in [0.15, 0.2) is 5.78 Å². The summed E-state index contributed by atoms with van der Waals surface area (Å²) < 4.78 is 19.6. The van der Waals surface area contributed by atoms with Crippen LogP contribution in [0.25, 0.3) is 0 Å². The van der Waals surface area contributed by atoms with Crippen LogP contribution in [0.5, 0.6) is 5.75 Å². The standard InChI is InChI=1S/C23H16FN3O5/c1-32-17-6-4-5-14(13-17)21-20(22(28)18-7-2-3-8-19(18)24)23(29)26(25-21)15-9-11-16(12-10-15)27(30)31/h2-13,20H,1H3. The van der Waals surface area contributed by atoms with Crippen LogP contribution in [0.2, 0.25) is 0 Å². The molecule has 0 N–H and O–H groups in total. The number of ether oxygens (including phenoxy) is 1. The van der Waals surface area contributed by atoms with Crippen molar-refractivity contribution in [3.63, 3.8) is 0 Å². The molecule has 32 heavy (non-hydrogen) atoms. The Kier molecular flexibility index (Phi) is 5.46. The Balaban J connectivity index is 1.81.